The van der Waals surface area contributed by atoms with Crippen molar-refractivity contribution in [3.05, 3.63) is 0 Å². The molecule has 2 atom stereocenters. The molecule has 1 aliphatic carbocycles. The zero-order valence-corrected chi connectivity index (χ0v) is 12.4. The van der Waals surface area contributed by atoms with Gasteiger partial charge in [-0.15, -0.1) is 0 Å². The summed E-state index contributed by atoms with van der Waals surface area (Å²) in [6.45, 7) is 2.38. The highest BCUT2D eigenvalue weighted by Crippen LogP contribution is 2.30. The lowest BCUT2D eigenvalue weighted by molar-refractivity contribution is -0.148. The number of carbonyl (C=O) groups is 2. The van der Waals surface area contributed by atoms with Crippen molar-refractivity contribution < 1.29 is 19.4 Å². The van der Waals surface area contributed by atoms with Gasteiger partial charge in [-0.3, -0.25) is 9.59 Å². The first-order valence-electron chi connectivity index (χ1n) is 7.25. The zero-order valence-electron chi connectivity index (χ0n) is 12.4. The quantitative estimate of drug-likeness (QED) is 0.638. The molecule has 0 spiro atoms. The molecule has 2 unspecified atom stereocenters. The van der Waals surface area contributed by atoms with Crippen LogP contribution in [0.15, 0.2) is 0 Å². The van der Waals surface area contributed by atoms with Crippen LogP contribution in [0, 0.1) is 11.8 Å². The highest BCUT2D eigenvalue weighted by molar-refractivity contribution is 5.84. The fourth-order valence-corrected chi connectivity index (χ4v) is 2.47. The van der Waals surface area contributed by atoms with Crippen LogP contribution in [0.4, 0.5) is 0 Å². The zero-order chi connectivity index (χ0) is 15.0. The highest BCUT2D eigenvalue weighted by Gasteiger charge is 2.35. The van der Waals surface area contributed by atoms with E-state index >= 15 is 0 Å². The number of ether oxygens (including phenoxy) is 1. The number of carboxylic acid groups (broad SMARTS) is 1. The Morgan fingerprint density at radius 3 is 2.45 bits per heavy atom. The van der Waals surface area contributed by atoms with Crippen molar-refractivity contribution in [2.24, 2.45) is 11.8 Å². The summed E-state index contributed by atoms with van der Waals surface area (Å²) < 4.78 is 5.38. The van der Waals surface area contributed by atoms with Gasteiger partial charge in [0, 0.05) is 13.1 Å². The van der Waals surface area contributed by atoms with Gasteiger partial charge in [0.05, 0.1) is 25.0 Å². The number of rotatable bonds is 8. The maximum atomic E-state index is 12.0. The van der Waals surface area contributed by atoms with E-state index in [0.29, 0.717) is 32.6 Å². The van der Waals surface area contributed by atoms with E-state index in [1.165, 1.54) is 0 Å². The van der Waals surface area contributed by atoms with Gasteiger partial charge in [-0.2, -0.15) is 0 Å². The second-order valence-electron chi connectivity index (χ2n) is 5.54. The topological polar surface area (TPSA) is 78.9 Å². The molecule has 1 fully saturated rings. The number of carbonyl (C=O) groups excluding carboxylic acids is 1. The molecular formula is C14H26N2O4. The largest absolute Gasteiger partial charge is 0.481 e. The lowest BCUT2D eigenvalue weighted by atomic mass is 9.79. The van der Waals surface area contributed by atoms with Crippen molar-refractivity contribution in [2.45, 2.75) is 25.7 Å². The fourth-order valence-electron chi connectivity index (χ4n) is 2.47. The van der Waals surface area contributed by atoms with Gasteiger partial charge in [0.1, 0.15) is 0 Å². The van der Waals surface area contributed by atoms with Gasteiger partial charge in [-0.1, -0.05) is 12.8 Å². The molecule has 0 aliphatic heterocycles. The molecule has 6 heteroatoms. The SMILES string of the molecule is CN(C)CCOCCNC(=O)C1CCCCC1C(=O)O. The lowest BCUT2D eigenvalue weighted by Gasteiger charge is -2.27. The summed E-state index contributed by atoms with van der Waals surface area (Å²) >= 11 is 0. The van der Waals surface area contributed by atoms with E-state index in [0.717, 1.165) is 19.4 Å². The number of nitrogens with zero attached hydrogens (tertiary/aromatic N) is 1. The Morgan fingerprint density at radius 2 is 1.85 bits per heavy atom. The summed E-state index contributed by atoms with van der Waals surface area (Å²) in [4.78, 5) is 25.2. The molecule has 0 heterocycles. The van der Waals surface area contributed by atoms with Gasteiger partial charge in [-0.05, 0) is 26.9 Å². The summed E-state index contributed by atoms with van der Waals surface area (Å²) in [5.41, 5.74) is 0. The molecule has 0 saturated heterocycles. The van der Waals surface area contributed by atoms with Crippen molar-refractivity contribution in [3.8, 4) is 0 Å². The minimum Gasteiger partial charge on any atom is -0.481 e. The van der Waals surface area contributed by atoms with Crippen molar-refractivity contribution in [3.63, 3.8) is 0 Å². The number of likely N-dealkylation sites (N-methyl/N-ethyl adjacent to an activating group) is 1. The second-order valence-corrected chi connectivity index (χ2v) is 5.54. The van der Waals surface area contributed by atoms with E-state index in [1.54, 1.807) is 0 Å². The van der Waals surface area contributed by atoms with Crippen LogP contribution < -0.4 is 5.32 Å². The molecule has 20 heavy (non-hydrogen) atoms. The minimum absolute atomic E-state index is 0.145. The Kier molecular flexibility index (Phi) is 7.54. The second kappa shape index (κ2) is 8.92. The molecule has 6 nitrogen and oxygen atoms in total. The summed E-state index contributed by atoms with van der Waals surface area (Å²) in [5, 5.41) is 11.9. The summed E-state index contributed by atoms with van der Waals surface area (Å²) in [6.07, 6.45) is 3.10. The molecule has 1 saturated carbocycles. The third kappa shape index (κ3) is 5.88. The van der Waals surface area contributed by atoms with E-state index in [-0.39, 0.29) is 11.8 Å². The standard InChI is InChI=1S/C14H26N2O4/c1-16(2)8-10-20-9-7-15-13(17)11-5-3-4-6-12(11)14(18)19/h11-12H,3-10H2,1-2H3,(H,15,17)(H,18,19). The Bertz CT molecular complexity index is 320. The Labute approximate surface area is 120 Å². The first-order valence-corrected chi connectivity index (χ1v) is 7.25. The molecule has 1 amide bonds. The first kappa shape index (κ1) is 16.9. The predicted octanol–water partition coefficient (Wildman–Crippen LogP) is 0.572. The summed E-state index contributed by atoms with van der Waals surface area (Å²) in [7, 11) is 3.94. The third-order valence-corrected chi connectivity index (χ3v) is 3.65. The molecule has 1 rings (SSSR count). The van der Waals surface area contributed by atoms with Crippen molar-refractivity contribution in [1.29, 1.82) is 0 Å². The summed E-state index contributed by atoms with van der Waals surface area (Å²) in [5.74, 6) is -1.91. The number of carboxylic acids is 1. The van der Waals surface area contributed by atoms with Gasteiger partial charge in [0.25, 0.3) is 0 Å². The molecule has 2 N–H and O–H groups in total. The highest BCUT2D eigenvalue weighted by atomic mass is 16.5. The normalized spacial score (nSPS) is 22.8. The number of aliphatic carboxylic acids is 1. The monoisotopic (exact) mass is 286 g/mol. The molecular weight excluding hydrogens is 260 g/mol. The van der Waals surface area contributed by atoms with E-state index in [1.807, 2.05) is 19.0 Å². The lowest BCUT2D eigenvalue weighted by Crippen LogP contribution is -2.40. The van der Waals surface area contributed by atoms with Crippen LogP contribution in [-0.2, 0) is 14.3 Å². The molecule has 1 aliphatic rings. The number of nitrogens with one attached hydrogen (secondary N) is 1. The molecule has 116 valence electrons. The van der Waals surface area contributed by atoms with E-state index in [4.69, 9.17) is 9.84 Å². The van der Waals surface area contributed by atoms with Crippen molar-refractivity contribution in [1.82, 2.24) is 10.2 Å². The van der Waals surface area contributed by atoms with E-state index in [2.05, 4.69) is 5.32 Å². The predicted molar refractivity (Wildman–Crippen MR) is 75.5 cm³/mol. The van der Waals surface area contributed by atoms with Crippen LogP contribution in [0.3, 0.4) is 0 Å². The van der Waals surface area contributed by atoms with Crippen molar-refractivity contribution >= 4 is 11.9 Å². The molecule has 0 aromatic rings. The first-order chi connectivity index (χ1) is 9.52. The molecule has 0 radical (unpaired) electrons. The van der Waals surface area contributed by atoms with Gasteiger partial charge < -0.3 is 20.1 Å². The fraction of sp³-hybridized carbons (Fsp3) is 0.857. The van der Waals surface area contributed by atoms with Gasteiger partial charge in [-0.25, -0.2) is 0 Å². The minimum atomic E-state index is -0.855. The molecule has 0 aromatic heterocycles. The van der Waals surface area contributed by atoms with E-state index in [9.17, 15) is 9.59 Å². The van der Waals surface area contributed by atoms with Crippen LogP contribution in [0.5, 0.6) is 0 Å². The van der Waals surface area contributed by atoms with Crippen LogP contribution in [0.1, 0.15) is 25.7 Å². The van der Waals surface area contributed by atoms with Gasteiger partial charge in [0.2, 0.25) is 5.91 Å². The number of hydrogen-bond acceptors (Lipinski definition) is 4. The average Bonchev–Trinajstić information content (AvgIpc) is 2.42. The maximum absolute atomic E-state index is 12.0. The Hall–Kier alpha value is -1.14. The molecule has 0 bridgehead atoms. The number of amides is 1. The van der Waals surface area contributed by atoms with Gasteiger partial charge >= 0.3 is 5.97 Å². The maximum Gasteiger partial charge on any atom is 0.307 e. The number of hydrogen-bond donors (Lipinski definition) is 2. The Balaban J connectivity index is 2.22. The summed E-state index contributed by atoms with van der Waals surface area (Å²) in [6, 6.07) is 0. The van der Waals surface area contributed by atoms with Crippen LogP contribution in [0.25, 0.3) is 0 Å². The van der Waals surface area contributed by atoms with Crippen LogP contribution in [0.2, 0.25) is 0 Å². The Morgan fingerprint density at radius 1 is 1.20 bits per heavy atom. The van der Waals surface area contributed by atoms with Crippen molar-refractivity contribution in [2.75, 3.05) is 40.4 Å². The van der Waals surface area contributed by atoms with Crippen LogP contribution >= 0.6 is 0 Å². The third-order valence-electron chi connectivity index (χ3n) is 3.65. The van der Waals surface area contributed by atoms with Crippen LogP contribution in [-0.4, -0.2) is 62.3 Å². The van der Waals surface area contributed by atoms with E-state index < -0.39 is 11.9 Å². The molecule has 0 aromatic carbocycles. The smallest absolute Gasteiger partial charge is 0.307 e. The average molecular weight is 286 g/mol. The van der Waals surface area contributed by atoms with Gasteiger partial charge in [0.15, 0.2) is 0 Å².